The van der Waals surface area contributed by atoms with Crippen LogP contribution in [0, 0.1) is 0 Å². The highest BCUT2D eigenvalue weighted by Crippen LogP contribution is 2.06. The van der Waals surface area contributed by atoms with Crippen LogP contribution in [0.4, 0.5) is 0 Å². The van der Waals surface area contributed by atoms with Gasteiger partial charge in [-0.25, -0.2) is 0 Å². The first kappa shape index (κ1) is 12.1. The minimum atomic E-state index is 1.01. The van der Waals surface area contributed by atoms with Gasteiger partial charge in [0.1, 0.15) is 0 Å². The molecule has 0 aliphatic heterocycles. The summed E-state index contributed by atoms with van der Waals surface area (Å²) in [5.74, 6) is 0. The van der Waals surface area contributed by atoms with Gasteiger partial charge in [0, 0.05) is 18.6 Å². The van der Waals surface area contributed by atoms with E-state index in [1.807, 2.05) is 19.3 Å². The summed E-state index contributed by atoms with van der Waals surface area (Å²) in [5, 5.41) is 0. The van der Waals surface area contributed by atoms with E-state index in [0.29, 0.717) is 0 Å². The maximum absolute atomic E-state index is 4.36. The summed E-state index contributed by atoms with van der Waals surface area (Å²) in [4.78, 5) is 8.43. The summed E-state index contributed by atoms with van der Waals surface area (Å²) in [6.07, 6.45) is 9.94. The van der Waals surface area contributed by atoms with Crippen LogP contribution < -0.4 is 0 Å². The Labute approximate surface area is 81.5 Å². The molecule has 0 bridgehead atoms. The maximum Gasteiger partial charge on any atom is 0.0581 e. The van der Waals surface area contributed by atoms with Gasteiger partial charge in [-0.1, -0.05) is 26.7 Å². The van der Waals surface area contributed by atoms with Crippen molar-refractivity contribution < 1.29 is 0 Å². The van der Waals surface area contributed by atoms with Gasteiger partial charge in [-0.15, -0.1) is 0 Å². The molecule has 13 heavy (non-hydrogen) atoms. The maximum atomic E-state index is 4.36. The summed E-state index contributed by atoms with van der Waals surface area (Å²) >= 11 is 0. The van der Waals surface area contributed by atoms with E-state index in [4.69, 9.17) is 0 Å². The summed E-state index contributed by atoms with van der Waals surface area (Å²) in [6.45, 7) is 6.22. The van der Waals surface area contributed by atoms with E-state index in [1.54, 1.807) is 6.21 Å². The van der Waals surface area contributed by atoms with Crippen LogP contribution in [0.25, 0.3) is 0 Å². The topological polar surface area (TPSA) is 24.7 Å². The fourth-order valence-corrected chi connectivity index (χ4v) is 0.890. The van der Waals surface area contributed by atoms with Crippen molar-refractivity contribution in [2.45, 2.75) is 46.5 Å². The van der Waals surface area contributed by atoms with Crippen molar-refractivity contribution in [3.05, 3.63) is 11.9 Å². The largest absolute Gasteiger partial charge is 0.267 e. The van der Waals surface area contributed by atoms with Gasteiger partial charge in [-0.3, -0.25) is 9.98 Å². The highest BCUT2D eigenvalue weighted by atomic mass is 14.8. The van der Waals surface area contributed by atoms with Crippen LogP contribution in [-0.2, 0) is 0 Å². The summed E-state index contributed by atoms with van der Waals surface area (Å²) in [6, 6.07) is 0. The molecule has 0 aromatic carbocycles. The molecular formula is C11H20N2. The normalized spacial score (nSPS) is 13.3. The van der Waals surface area contributed by atoms with Crippen molar-refractivity contribution in [3.8, 4) is 0 Å². The van der Waals surface area contributed by atoms with E-state index < -0.39 is 0 Å². The average Bonchev–Trinajstić information content (AvgIpc) is 2.14. The third-order valence-electron chi connectivity index (χ3n) is 1.55. The second-order valence-corrected chi connectivity index (χ2v) is 2.88. The molecule has 0 N–H and O–H groups in total. The Kier molecular flexibility index (Phi) is 8.52. The molecule has 0 aliphatic carbocycles. The predicted octanol–water partition coefficient (Wildman–Crippen LogP) is 3.59. The molecule has 2 heteroatoms. The molecule has 0 amide bonds. The minimum Gasteiger partial charge on any atom is -0.267 e. The number of hydrogen-bond donors (Lipinski definition) is 0. The van der Waals surface area contributed by atoms with E-state index in [0.717, 1.165) is 31.4 Å². The molecule has 0 radical (unpaired) electrons. The lowest BCUT2D eigenvalue weighted by molar-refractivity contribution is 0.886. The van der Waals surface area contributed by atoms with Gasteiger partial charge < -0.3 is 0 Å². The third-order valence-corrected chi connectivity index (χ3v) is 1.55. The molecule has 0 fully saturated rings. The second kappa shape index (κ2) is 9.17. The second-order valence-electron chi connectivity index (χ2n) is 2.88. The van der Waals surface area contributed by atoms with Crippen LogP contribution in [0.15, 0.2) is 21.9 Å². The molecule has 0 heterocycles. The van der Waals surface area contributed by atoms with E-state index in [9.17, 15) is 0 Å². The number of allylic oxidation sites excluding steroid dienone is 1. The highest BCUT2D eigenvalue weighted by Gasteiger charge is 1.89. The smallest absolute Gasteiger partial charge is 0.0581 e. The molecule has 0 spiro atoms. The first-order chi connectivity index (χ1) is 6.35. The zero-order valence-electron chi connectivity index (χ0n) is 8.95. The Hall–Kier alpha value is -0.920. The van der Waals surface area contributed by atoms with Crippen LogP contribution in [0.3, 0.4) is 0 Å². The van der Waals surface area contributed by atoms with Gasteiger partial charge in [0.2, 0.25) is 0 Å². The molecule has 0 aromatic heterocycles. The number of unbranched alkanes of at least 4 members (excludes halogenated alkanes) is 1. The zero-order valence-corrected chi connectivity index (χ0v) is 8.95. The quantitative estimate of drug-likeness (QED) is 0.558. The van der Waals surface area contributed by atoms with Gasteiger partial charge in [0.05, 0.1) is 5.70 Å². The first-order valence-corrected chi connectivity index (χ1v) is 5.04. The number of aliphatic imine (C=N–C) groups is 2. The summed E-state index contributed by atoms with van der Waals surface area (Å²) in [5.41, 5.74) is 1.08. The fraction of sp³-hybridized carbons (Fsp3) is 0.636. The van der Waals surface area contributed by atoms with Gasteiger partial charge in [0.25, 0.3) is 0 Å². The standard InChI is InChI=1S/C11H20N2/c1-4-7-9-13-11(8-5-2)10-12-6-3/h6,9-10H,4-5,7-8H2,1-3H3/b11-10-,12-6-,13-9-. The van der Waals surface area contributed by atoms with Crippen LogP contribution >= 0.6 is 0 Å². The van der Waals surface area contributed by atoms with Gasteiger partial charge in [-0.2, -0.15) is 0 Å². The Balaban J connectivity index is 4.08. The molecule has 0 rings (SSSR count). The fourth-order valence-electron chi connectivity index (χ4n) is 0.890. The summed E-state index contributed by atoms with van der Waals surface area (Å²) in [7, 11) is 0. The third kappa shape index (κ3) is 7.44. The van der Waals surface area contributed by atoms with Gasteiger partial charge >= 0.3 is 0 Å². The molecular weight excluding hydrogens is 160 g/mol. The highest BCUT2D eigenvalue weighted by molar-refractivity contribution is 5.59. The lowest BCUT2D eigenvalue weighted by Crippen LogP contribution is -1.80. The van der Waals surface area contributed by atoms with Gasteiger partial charge in [-0.05, 0) is 19.8 Å². The molecule has 0 aliphatic rings. The minimum absolute atomic E-state index is 1.01. The van der Waals surface area contributed by atoms with Crippen molar-refractivity contribution >= 4 is 12.4 Å². The van der Waals surface area contributed by atoms with E-state index >= 15 is 0 Å². The molecule has 0 saturated carbocycles. The Morgan fingerprint density at radius 1 is 1.23 bits per heavy atom. The van der Waals surface area contributed by atoms with Crippen molar-refractivity contribution in [3.63, 3.8) is 0 Å². The van der Waals surface area contributed by atoms with E-state index in [1.165, 1.54) is 0 Å². The molecule has 0 atom stereocenters. The first-order valence-electron chi connectivity index (χ1n) is 5.04. The lowest BCUT2D eigenvalue weighted by atomic mass is 10.3. The Morgan fingerprint density at radius 2 is 2.00 bits per heavy atom. The van der Waals surface area contributed by atoms with Crippen molar-refractivity contribution in [1.29, 1.82) is 0 Å². The molecule has 2 nitrogen and oxygen atoms in total. The number of rotatable bonds is 6. The predicted molar refractivity (Wildman–Crippen MR) is 60.6 cm³/mol. The zero-order chi connectivity index (χ0) is 9.94. The van der Waals surface area contributed by atoms with Crippen molar-refractivity contribution in [1.82, 2.24) is 0 Å². The molecule has 0 aromatic rings. The van der Waals surface area contributed by atoms with Crippen LogP contribution in [0.5, 0.6) is 0 Å². The summed E-state index contributed by atoms with van der Waals surface area (Å²) < 4.78 is 0. The average molecular weight is 180 g/mol. The van der Waals surface area contributed by atoms with Crippen molar-refractivity contribution in [2.75, 3.05) is 0 Å². The van der Waals surface area contributed by atoms with Gasteiger partial charge in [0.15, 0.2) is 0 Å². The van der Waals surface area contributed by atoms with Crippen LogP contribution in [0.2, 0.25) is 0 Å². The van der Waals surface area contributed by atoms with Crippen molar-refractivity contribution in [2.24, 2.45) is 9.98 Å². The molecule has 0 unspecified atom stereocenters. The number of nitrogens with zero attached hydrogens (tertiary/aromatic N) is 2. The lowest BCUT2D eigenvalue weighted by Gasteiger charge is -1.96. The monoisotopic (exact) mass is 180 g/mol. The number of hydrogen-bond acceptors (Lipinski definition) is 2. The van der Waals surface area contributed by atoms with E-state index in [-0.39, 0.29) is 0 Å². The van der Waals surface area contributed by atoms with Crippen LogP contribution in [0.1, 0.15) is 46.5 Å². The van der Waals surface area contributed by atoms with Crippen LogP contribution in [-0.4, -0.2) is 12.4 Å². The molecule has 0 saturated heterocycles. The Bertz CT molecular complexity index is 190. The van der Waals surface area contributed by atoms with E-state index in [2.05, 4.69) is 23.8 Å². The molecule has 74 valence electrons. The Morgan fingerprint density at radius 3 is 2.54 bits per heavy atom. The SMILES string of the molecule is C\C=N/C=C(CCC)\N=C/CCC.